The molecule has 0 spiro atoms. The van der Waals surface area contributed by atoms with Crippen LogP contribution in [0.4, 0.5) is 5.69 Å². The average molecular weight is 446 g/mol. The van der Waals surface area contributed by atoms with Gasteiger partial charge in [0.15, 0.2) is 11.5 Å². The molecule has 0 bridgehead atoms. The zero-order chi connectivity index (χ0) is 22.9. The van der Waals surface area contributed by atoms with Crippen LogP contribution in [-0.2, 0) is 17.9 Å². The maximum absolute atomic E-state index is 13.2. The normalized spacial score (nSPS) is 18.2. The Bertz CT molecular complexity index is 1160. The van der Waals surface area contributed by atoms with Gasteiger partial charge in [-0.3, -0.25) is 9.59 Å². The molecule has 0 radical (unpaired) electrons. The molecule has 33 heavy (non-hydrogen) atoms. The number of amides is 1. The lowest BCUT2D eigenvalue weighted by Gasteiger charge is -2.36. The van der Waals surface area contributed by atoms with Crippen LogP contribution in [0.3, 0.4) is 0 Å². The number of benzene rings is 2. The van der Waals surface area contributed by atoms with Crippen LogP contribution >= 0.6 is 0 Å². The van der Waals surface area contributed by atoms with Gasteiger partial charge in [0, 0.05) is 37.4 Å². The van der Waals surface area contributed by atoms with Crippen LogP contribution in [0.2, 0.25) is 0 Å². The fraction of sp³-hybridized carbons (Fsp3) is 0.360. The van der Waals surface area contributed by atoms with Crippen LogP contribution in [0, 0.1) is 6.92 Å². The molecule has 1 aromatic heterocycles. The SMILES string of the molecule is CC(=O)c1ccc(N2CCN(C(=O)c3nnn4c3COC(c3ccc(C)cc3)C4)CC2)cc1. The second kappa shape index (κ2) is 8.78. The molecule has 170 valence electrons. The smallest absolute Gasteiger partial charge is 0.276 e. The van der Waals surface area contributed by atoms with E-state index in [1.807, 2.05) is 29.2 Å². The first-order valence-corrected chi connectivity index (χ1v) is 11.3. The molecule has 2 aromatic carbocycles. The van der Waals surface area contributed by atoms with Crippen molar-refractivity contribution in [2.75, 3.05) is 31.1 Å². The zero-order valence-electron chi connectivity index (χ0n) is 18.9. The average Bonchev–Trinajstić information content (AvgIpc) is 3.27. The number of aromatic nitrogens is 3. The molecule has 8 heteroatoms. The van der Waals surface area contributed by atoms with E-state index in [0.29, 0.717) is 37.5 Å². The standard InChI is InChI=1S/C25H27N5O3/c1-17-3-5-20(6-4-17)23-15-30-22(16-33-23)24(26-27-30)25(32)29-13-11-28(12-14-29)21-9-7-19(8-10-21)18(2)31/h3-10,23H,11-16H2,1-2H3. The highest BCUT2D eigenvalue weighted by Crippen LogP contribution is 2.28. The van der Waals surface area contributed by atoms with Gasteiger partial charge in [0.1, 0.15) is 6.10 Å². The second-order valence-electron chi connectivity index (χ2n) is 8.66. The number of hydrogen-bond donors (Lipinski definition) is 0. The van der Waals surface area contributed by atoms with E-state index in [9.17, 15) is 9.59 Å². The monoisotopic (exact) mass is 445 g/mol. The molecule has 0 aliphatic carbocycles. The molecular weight excluding hydrogens is 418 g/mol. The molecule has 1 amide bonds. The number of fused-ring (bicyclic) bond motifs is 1. The van der Waals surface area contributed by atoms with E-state index >= 15 is 0 Å². The van der Waals surface area contributed by atoms with Gasteiger partial charge in [-0.05, 0) is 43.7 Å². The van der Waals surface area contributed by atoms with Crippen LogP contribution in [0.5, 0.6) is 0 Å². The molecule has 1 atom stereocenters. The molecule has 3 aromatic rings. The van der Waals surface area contributed by atoms with Gasteiger partial charge in [-0.15, -0.1) is 5.10 Å². The Morgan fingerprint density at radius 3 is 2.33 bits per heavy atom. The number of piperazine rings is 1. The fourth-order valence-electron chi connectivity index (χ4n) is 4.38. The van der Waals surface area contributed by atoms with E-state index in [2.05, 4.69) is 46.4 Å². The summed E-state index contributed by atoms with van der Waals surface area (Å²) in [7, 11) is 0. The third-order valence-electron chi connectivity index (χ3n) is 6.46. The van der Waals surface area contributed by atoms with Crippen LogP contribution < -0.4 is 4.90 Å². The fourth-order valence-corrected chi connectivity index (χ4v) is 4.38. The van der Waals surface area contributed by atoms with Crippen LogP contribution in [0.25, 0.3) is 0 Å². The van der Waals surface area contributed by atoms with E-state index in [-0.39, 0.29) is 17.8 Å². The van der Waals surface area contributed by atoms with Gasteiger partial charge in [-0.2, -0.15) is 0 Å². The van der Waals surface area contributed by atoms with Crippen molar-refractivity contribution >= 4 is 17.4 Å². The molecule has 1 unspecified atom stereocenters. The van der Waals surface area contributed by atoms with Gasteiger partial charge in [-0.1, -0.05) is 35.0 Å². The van der Waals surface area contributed by atoms with Gasteiger partial charge in [-0.25, -0.2) is 4.68 Å². The Hall–Kier alpha value is -3.52. The van der Waals surface area contributed by atoms with Crippen LogP contribution in [0.15, 0.2) is 48.5 Å². The zero-order valence-corrected chi connectivity index (χ0v) is 18.9. The van der Waals surface area contributed by atoms with E-state index in [4.69, 9.17) is 4.74 Å². The predicted molar refractivity (Wildman–Crippen MR) is 123 cm³/mol. The predicted octanol–water partition coefficient (Wildman–Crippen LogP) is 3.02. The number of ether oxygens (including phenoxy) is 1. The summed E-state index contributed by atoms with van der Waals surface area (Å²) in [5, 5.41) is 8.47. The first kappa shape index (κ1) is 21.3. The molecule has 1 saturated heterocycles. The number of carbonyl (C=O) groups is 2. The third kappa shape index (κ3) is 4.26. The van der Waals surface area contributed by atoms with Gasteiger partial charge in [0.2, 0.25) is 0 Å². The van der Waals surface area contributed by atoms with Gasteiger partial charge >= 0.3 is 0 Å². The lowest BCUT2D eigenvalue weighted by molar-refractivity contribution is -0.00196. The minimum atomic E-state index is -0.0970. The van der Waals surface area contributed by atoms with Crippen molar-refractivity contribution in [1.29, 1.82) is 0 Å². The van der Waals surface area contributed by atoms with Gasteiger partial charge in [0.25, 0.3) is 5.91 Å². The largest absolute Gasteiger partial charge is 0.368 e. The Balaban J connectivity index is 1.23. The number of anilines is 1. The summed E-state index contributed by atoms with van der Waals surface area (Å²) in [6.07, 6.45) is -0.0966. The van der Waals surface area contributed by atoms with E-state index < -0.39 is 0 Å². The van der Waals surface area contributed by atoms with Gasteiger partial charge in [0.05, 0.1) is 18.8 Å². The number of ketones is 1. The molecule has 0 N–H and O–H groups in total. The van der Waals surface area contributed by atoms with E-state index in [1.165, 1.54) is 5.56 Å². The first-order chi connectivity index (χ1) is 16.0. The minimum absolute atomic E-state index is 0.0585. The number of aryl methyl sites for hydroxylation is 1. The Kier molecular flexibility index (Phi) is 5.68. The van der Waals surface area contributed by atoms with E-state index in [0.717, 1.165) is 30.0 Å². The molecule has 2 aliphatic heterocycles. The number of nitrogens with zero attached hydrogens (tertiary/aromatic N) is 5. The summed E-state index contributed by atoms with van der Waals surface area (Å²) < 4.78 is 7.86. The lowest BCUT2D eigenvalue weighted by atomic mass is 10.1. The number of Topliss-reactive ketones (excluding diaryl/α,β-unsaturated/α-hetero) is 1. The number of hydrogen-bond acceptors (Lipinski definition) is 6. The van der Waals surface area contributed by atoms with Crippen molar-refractivity contribution in [3.05, 3.63) is 76.6 Å². The third-order valence-corrected chi connectivity index (χ3v) is 6.46. The molecule has 5 rings (SSSR count). The Labute approximate surface area is 192 Å². The molecule has 3 heterocycles. The number of carbonyl (C=O) groups excluding carboxylic acids is 2. The Morgan fingerprint density at radius 2 is 1.67 bits per heavy atom. The Morgan fingerprint density at radius 1 is 0.970 bits per heavy atom. The highest BCUT2D eigenvalue weighted by Gasteiger charge is 2.31. The quantitative estimate of drug-likeness (QED) is 0.575. The summed E-state index contributed by atoms with van der Waals surface area (Å²) in [4.78, 5) is 28.7. The summed E-state index contributed by atoms with van der Waals surface area (Å²) in [5.74, 6) is -0.0386. The van der Waals surface area contributed by atoms with Gasteiger partial charge < -0.3 is 14.5 Å². The molecule has 1 fully saturated rings. The summed E-state index contributed by atoms with van der Waals surface area (Å²) in [6, 6.07) is 15.9. The van der Waals surface area contributed by atoms with Crippen molar-refractivity contribution in [1.82, 2.24) is 19.9 Å². The van der Waals surface area contributed by atoms with Crippen LogP contribution in [-0.4, -0.2) is 57.8 Å². The summed E-state index contributed by atoms with van der Waals surface area (Å²) >= 11 is 0. The molecular formula is C25H27N5O3. The molecule has 0 saturated carbocycles. The second-order valence-corrected chi connectivity index (χ2v) is 8.66. The lowest BCUT2D eigenvalue weighted by Crippen LogP contribution is -2.49. The maximum atomic E-state index is 13.2. The van der Waals surface area contributed by atoms with Crippen LogP contribution in [0.1, 0.15) is 50.7 Å². The topological polar surface area (TPSA) is 80.6 Å². The molecule has 2 aliphatic rings. The first-order valence-electron chi connectivity index (χ1n) is 11.3. The van der Waals surface area contributed by atoms with Crippen molar-refractivity contribution in [3.8, 4) is 0 Å². The van der Waals surface area contributed by atoms with Crippen molar-refractivity contribution in [3.63, 3.8) is 0 Å². The van der Waals surface area contributed by atoms with E-state index in [1.54, 1.807) is 11.6 Å². The minimum Gasteiger partial charge on any atom is -0.368 e. The number of rotatable bonds is 4. The van der Waals surface area contributed by atoms with Crippen molar-refractivity contribution in [2.45, 2.75) is 33.1 Å². The van der Waals surface area contributed by atoms with Crippen molar-refractivity contribution < 1.29 is 14.3 Å². The summed E-state index contributed by atoms with van der Waals surface area (Å²) in [5.41, 5.74) is 5.20. The van der Waals surface area contributed by atoms with Crippen molar-refractivity contribution in [2.24, 2.45) is 0 Å². The molecule has 8 nitrogen and oxygen atoms in total. The highest BCUT2D eigenvalue weighted by molar-refractivity contribution is 5.94. The summed E-state index contributed by atoms with van der Waals surface area (Å²) in [6.45, 7) is 7.14. The highest BCUT2D eigenvalue weighted by atomic mass is 16.5. The maximum Gasteiger partial charge on any atom is 0.276 e.